The smallest absolute Gasteiger partial charge is 0.347 e. The molecule has 5 nitrogen and oxygen atoms in total. The third-order valence-corrected chi connectivity index (χ3v) is 3.67. The molecular formula is C12H16N2O3S. The predicted octanol–water partition coefficient (Wildman–Crippen LogP) is 2.49. The van der Waals surface area contributed by atoms with Gasteiger partial charge < -0.3 is 10.4 Å². The molecule has 1 amide bonds. The van der Waals surface area contributed by atoms with Crippen LogP contribution in [0.25, 0.3) is 0 Å². The fourth-order valence-electron chi connectivity index (χ4n) is 1.58. The van der Waals surface area contributed by atoms with Crippen LogP contribution in [-0.2, 0) is 10.2 Å². The number of aromatic carboxylic acids is 1. The lowest BCUT2D eigenvalue weighted by Gasteiger charge is -2.15. The quantitative estimate of drug-likeness (QED) is 0.882. The van der Waals surface area contributed by atoms with E-state index in [9.17, 15) is 9.59 Å². The summed E-state index contributed by atoms with van der Waals surface area (Å²) in [5, 5.41) is 12.2. The van der Waals surface area contributed by atoms with Gasteiger partial charge in [0.05, 0.1) is 5.69 Å². The number of carboxylic acids is 1. The van der Waals surface area contributed by atoms with Crippen molar-refractivity contribution in [2.45, 2.75) is 39.0 Å². The van der Waals surface area contributed by atoms with E-state index in [1.54, 1.807) is 0 Å². The first-order valence-electron chi connectivity index (χ1n) is 5.84. The number of rotatable bonds is 3. The van der Waals surface area contributed by atoms with E-state index in [1.165, 1.54) is 0 Å². The molecule has 0 saturated heterocycles. The molecule has 1 fully saturated rings. The molecular weight excluding hydrogens is 252 g/mol. The van der Waals surface area contributed by atoms with Crippen molar-refractivity contribution in [3.63, 3.8) is 0 Å². The second-order valence-electron chi connectivity index (χ2n) is 5.52. The Morgan fingerprint density at radius 1 is 1.39 bits per heavy atom. The molecule has 0 radical (unpaired) electrons. The van der Waals surface area contributed by atoms with Gasteiger partial charge in [-0.25, -0.2) is 9.78 Å². The van der Waals surface area contributed by atoms with Gasteiger partial charge in [-0.05, 0) is 12.8 Å². The monoisotopic (exact) mass is 268 g/mol. The van der Waals surface area contributed by atoms with Crippen molar-refractivity contribution in [2.24, 2.45) is 5.92 Å². The zero-order chi connectivity index (χ0) is 13.5. The van der Waals surface area contributed by atoms with Gasteiger partial charge in [0.1, 0.15) is 4.88 Å². The predicted molar refractivity (Wildman–Crippen MR) is 69.1 cm³/mol. The van der Waals surface area contributed by atoms with Crippen molar-refractivity contribution in [3.05, 3.63) is 10.6 Å². The molecule has 0 unspecified atom stereocenters. The fraction of sp³-hybridized carbons (Fsp3) is 0.583. The minimum atomic E-state index is -0.996. The lowest BCUT2D eigenvalue weighted by atomic mass is 9.91. The average molecular weight is 268 g/mol. The molecule has 6 heteroatoms. The van der Waals surface area contributed by atoms with E-state index >= 15 is 0 Å². The number of anilines is 1. The molecule has 1 aliphatic carbocycles. The van der Waals surface area contributed by atoms with Gasteiger partial charge in [-0.15, -0.1) is 0 Å². The summed E-state index contributed by atoms with van der Waals surface area (Å²) < 4.78 is 0. The highest BCUT2D eigenvalue weighted by molar-refractivity contribution is 7.17. The first-order valence-corrected chi connectivity index (χ1v) is 6.66. The largest absolute Gasteiger partial charge is 0.477 e. The van der Waals surface area contributed by atoms with E-state index in [0.717, 1.165) is 24.2 Å². The molecule has 1 saturated carbocycles. The molecule has 18 heavy (non-hydrogen) atoms. The summed E-state index contributed by atoms with van der Waals surface area (Å²) in [6, 6.07) is 0. The van der Waals surface area contributed by atoms with E-state index in [2.05, 4.69) is 10.3 Å². The van der Waals surface area contributed by atoms with Gasteiger partial charge in [0.25, 0.3) is 0 Å². The Morgan fingerprint density at radius 2 is 2.00 bits per heavy atom. The van der Waals surface area contributed by atoms with Crippen LogP contribution < -0.4 is 5.32 Å². The Labute approximate surface area is 109 Å². The van der Waals surface area contributed by atoms with Crippen molar-refractivity contribution in [2.75, 3.05) is 5.32 Å². The third-order valence-electron chi connectivity index (χ3n) is 2.71. The lowest BCUT2D eigenvalue weighted by molar-refractivity contribution is -0.117. The number of carboxylic acid groups (broad SMARTS) is 1. The molecule has 0 spiro atoms. The topological polar surface area (TPSA) is 79.3 Å². The van der Waals surface area contributed by atoms with Crippen LogP contribution >= 0.6 is 11.3 Å². The van der Waals surface area contributed by atoms with E-state index in [-0.39, 0.29) is 22.1 Å². The number of hydrogen-bond donors (Lipinski definition) is 2. The Bertz CT molecular complexity index is 498. The minimum Gasteiger partial charge on any atom is -0.477 e. The van der Waals surface area contributed by atoms with E-state index < -0.39 is 5.97 Å². The van der Waals surface area contributed by atoms with Crippen LogP contribution in [0.5, 0.6) is 0 Å². The molecule has 0 bridgehead atoms. The van der Waals surface area contributed by atoms with Gasteiger partial charge in [0, 0.05) is 11.3 Å². The first-order chi connectivity index (χ1) is 8.29. The highest BCUT2D eigenvalue weighted by atomic mass is 32.1. The maximum atomic E-state index is 11.6. The molecule has 1 aromatic heterocycles. The van der Waals surface area contributed by atoms with Gasteiger partial charge in [-0.3, -0.25) is 4.79 Å². The third kappa shape index (κ3) is 2.69. The summed E-state index contributed by atoms with van der Waals surface area (Å²) in [4.78, 5) is 27.3. The summed E-state index contributed by atoms with van der Waals surface area (Å²) in [5.74, 6) is -0.967. The molecule has 0 aromatic carbocycles. The Morgan fingerprint density at radius 3 is 2.39 bits per heavy atom. The van der Waals surface area contributed by atoms with Crippen LogP contribution in [0.4, 0.5) is 5.13 Å². The molecule has 0 aliphatic heterocycles. The van der Waals surface area contributed by atoms with Crippen LogP contribution in [0, 0.1) is 5.92 Å². The maximum absolute atomic E-state index is 11.6. The highest BCUT2D eigenvalue weighted by Crippen LogP contribution is 2.34. The highest BCUT2D eigenvalue weighted by Gasteiger charge is 2.32. The zero-order valence-electron chi connectivity index (χ0n) is 10.6. The summed E-state index contributed by atoms with van der Waals surface area (Å²) >= 11 is 1.03. The minimum absolute atomic E-state index is 0.0545. The number of aromatic nitrogens is 1. The van der Waals surface area contributed by atoms with Crippen LogP contribution in [0.2, 0.25) is 0 Å². The number of thiazole rings is 1. The Hall–Kier alpha value is -1.43. The van der Waals surface area contributed by atoms with Crippen LogP contribution in [0.3, 0.4) is 0 Å². The van der Waals surface area contributed by atoms with E-state index in [4.69, 9.17) is 5.11 Å². The van der Waals surface area contributed by atoms with Gasteiger partial charge in [-0.2, -0.15) is 0 Å². The van der Waals surface area contributed by atoms with Crippen LogP contribution in [0.1, 0.15) is 49.0 Å². The summed E-state index contributed by atoms with van der Waals surface area (Å²) in [7, 11) is 0. The summed E-state index contributed by atoms with van der Waals surface area (Å²) in [6.45, 7) is 5.71. The zero-order valence-corrected chi connectivity index (χ0v) is 11.4. The van der Waals surface area contributed by atoms with Gasteiger partial charge in [-0.1, -0.05) is 32.1 Å². The van der Waals surface area contributed by atoms with Gasteiger partial charge in [0.15, 0.2) is 5.13 Å². The molecule has 2 rings (SSSR count). The molecule has 1 aliphatic rings. The van der Waals surface area contributed by atoms with Crippen LogP contribution in [-0.4, -0.2) is 22.0 Å². The van der Waals surface area contributed by atoms with Crippen molar-refractivity contribution in [1.82, 2.24) is 4.98 Å². The van der Waals surface area contributed by atoms with Gasteiger partial charge >= 0.3 is 5.97 Å². The number of amides is 1. The SMILES string of the molecule is CC(C)(C)c1nc(NC(=O)C2CC2)sc1C(=O)O. The normalized spacial score (nSPS) is 15.5. The van der Waals surface area contributed by atoms with Crippen molar-refractivity contribution in [3.8, 4) is 0 Å². The fourth-order valence-corrected chi connectivity index (χ4v) is 2.60. The standard InChI is InChI=1S/C12H16N2O3S/c1-12(2,3)8-7(10(16)17)18-11(13-8)14-9(15)6-4-5-6/h6H,4-5H2,1-3H3,(H,16,17)(H,13,14,15). The van der Waals surface area contributed by atoms with Gasteiger partial charge in [0.2, 0.25) is 5.91 Å². The molecule has 2 N–H and O–H groups in total. The maximum Gasteiger partial charge on any atom is 0.347 e. The Balaban J connectivity index is 2.27. The number of nitrogens with zero attached hydrogens (tertiary/aromatic N) is 1. The lowest BCUT2D eigenvalue weighted by Crippen LogP contribution is -2.17. The van der Waals surface area contributed by atoms with E-state index in [1.807, 2.05) is 20.8 Å². The number of hydrogen-bond acceptors (Lipinski definition) is 4. The van der Waals surface area contributed by atoms with Crippen molar-refractivity contribution >= 4 is 28.3 Å². The summed E-state index contributed by atoms with van der Waals surface area (Å²) in [5.41, 5.74) is 0.165. The van der Waals surface area contributed by atoms with Crippen molar-refractivity contribution < 1.29 is 14.7 Å². The molecule has 0 atom stereocenters. The van der Waals surface area contributed by atoms with Crippen molar-refractivity contribution in [1.29, 1.82) is 0 Å². The number of carbonyl (C=O) groups excluding carboxylic acids is 1. The second kappa shape index (κ2) is 4.35. The first kappa shape index (κ1) is 13.0. The molecule has 1 aromatic rings. The van der Waals surface area contributed by atoms with Crippen LogP contribution in [0.15, 0.2) is 0 Å². The number of nitrogens with one attached hydrogen (secondary N) is 1. The average Bonchev–Trinajstić information content (AvgIpc) is 2.98. The summed E-state index contributed by atoms with van der Waals surface area (Å²) in [6.07, 6.45) is 1.82. The molecule has 98 valence electrons. The second-order valence-corrected chi connectivity index (χ2v) is 6.51. The molecule has 1 heterocycles. The number of carbonyl (C=O) groups is 2. The van der Waals surface area contributed by atoms with E-state index in [0.29, 0.717) is 10.8 Å². The Kier molecular flexibility index (Phi) is 3.14.